The van der Waals surface area contributed by atoms with Crippen molar-refractivity contribution in [2.45, 2.75) is 33.8 Å². The summed E-state index contributed by atoms with van der Waals surface area (Å²) >= 11 is 0. The van der Waals surface area contributed by atoms with E-state index >= 15 is 0 Å². The molecule has 3 aromatic carbocycles. The minimum atomic E-state index is -1.00. The number of imide groups is 1. The summed E-state index contributed by atoms with van der Waals surface area (Å²) in [5.74, 6) is -2.56. The van der Waals surface area contributed by atoms with E-state index in [0.717, 1.165) is 28.2 Å². The number of aryl methyl sites for hydroxylation is 2. The molecule has 0 unspecified atom stereocenters. The first-order valence-electron chi connectivity index (χ1n) is 10.8. The van der Waals surface area contributed by atoms with Crippen LogP contribution in [0.3, 0.4) is 0 Å². The zero-order valence-corrected chi connectivity index (χ0v) is 19.3. The molecule has 1 aliphatic heterocycles. The smallest absolute Gasteiger partial charge is 0.282 e. The van der Waals surface area contributed by atoms with Crippen LogP contribution in [0.5, 0.6) is 5.75 Å². The minimum absolute atomic E-state index is 0.00540. The van der Waals surface area contributed by atoms with Gasteiger partial charge in [-0.1, -0.05) is 23.8 Å². The largest absolute Gasteiger partial charge is 0.491 e. The number of benzene rings is 3. The van der Waals surface area contributed by atoms with Gasteiger partial charge in [-0.05, 0) is 75.2 Å². The van der Waals surface area contributed by atoms with Crippen LogP contribution in [-0.2, 0) is 9.59 Å². The predicted octanol–water partition coefficient (Wildman–Crippen LogP) is 5.77. The molecule has 0 radical (unpaired) electrons. The van der Waals surface area contributed by atoms with Crippen LogP contribution >= 0.6 is 0 Å². The van der Waals surface area contributed by atoms with E-state index in [1.807, 2.05) is 39.8 Å². The fourth-order valence-corrected chi connectivity index (χ4v) is 3.90. The summed E-state index contributed by atoms with van der Waals surface area (Å²) in [6.45, 7) is 7.59. The van der Waals surface area contributed by atoms with Gasteiger partial charge in [-0.2, -0.15) is 0 Å². The summed E-state index contributed by atoms with van der Waals surface area (Å²) in [7, 11) is 0. The third-order valence-electron chi connectivity index (χ3n) is 5.38. The van der Waals surface area contributed by atoms with Gasteiger partial charge in [-0.15, -0.1) is 0 Å². The maximum Gasteiger partial charge on any atom is 0.282 e. The molecule has 7 heteroatoms. The van der Waals surface area contributed by atoms with Crippen LogP contribution in [0.2, 0.25) is 0 Å². The average Bonchev–Trinajstić information content (AvgIpc) is 2.99. The Balaban J connectivity index is 1.80. The average molecular weight is 462 g/mol. The zero-order chi connectivity index (χ0) is 24.6. The molecule has 3 aromatic rings. The van der Waals surface area contributed by atoms with Gasteiger partial charge in [-0.25, -0.2) is 13.7 Å². The van der Waals surface area contributed by atoms with Crippen molar-refractivity contribution in [1.82, 2.24) is 0 Å². The molecule has 0 atom stereocenters. The number of nitrogens with one attached hydrogen (secondary N) is 1. The number of halogens is 2. The molecular formula is C27H24F2N2O3. The molecule has 0 spiro atoms. The van der Waals surface area contributed by atoms with Crippen LogP contribution in [0, 0.1) is 25.5 Å². The van der Waals surface area contributed by atoms with E-state index in [2.05, 4.69) is 5.32 Å². The number of hydrogen-bond donors (Lipinski definition) is 1. The summed E-state index contributed by atoms with van der Waals surface area (Å²) in [6.07, 6.45) is 0.00540. The Morgan fingerprint density at radius 2 is 1.59 bits per heavy atom. The number of carbonyl (C=O) groups is 2. The number of nitrogens with zero attached hydrogens (tertiary/aromatic N) is 1. The predicted molar refractivity (Wildman–Crippen MR) is 128 cm³/mol. The highest BCUT2D eigenvalue weighted by Crippen LogP contribution is 2.36. The highest BCUT2D eigenvalue weighted by Gasteiger charge is 2.41. The Morgan fingerprint density at radius 1 is 0.882 bits per heavy atom. The van der Waals surface area contributed by atoms with Crippen LogP contribution in [0.15, 0.2) is 66.4 Å². The van der Waals surface area contributed by atoms with E-state index in [4.69, 9.17) is 4.74 Å². The van der Waals surface area contributed by atoms with Crippen molar-refractivity contribution in [1.29, 1.82) is 0 Å². The van der Waals surface area contributed by atoms with Gasteiger partial charge in [0.05, 0.1) is 17.4 Å². The first-order chi connectivity index (χ1) is 16.2. The van der Waals surface area contributed by atoms with Crippen molar-refractivity contribution in [3.05, 3.63) is 94.7 Å². The van der Waals surface area contributed by atoms with Crippen molar-refractivity contribution in [2.75, 3.05) is 10.2 Å². The summed E-state index contributed by atoms with van der Waals surface area (Å²) < 4.78 is 33.7. The van der Waals surface area contributed by atoms with Gasteiger partial charge in [0.2, 0.25) is 0 Å². The normalized spacial score (nSPS) is 13.8. The second-order valence-electron chi connectivity index (χ2n) is 8.43. The fraction of sp³-hybridized carbons (Fsp3) is 0.185. The molecule has 0 saturated heterocycles. The molecule has 0 aromatic heterocycles. The van der Waals surface area contributed by atoms with Crippen LogP contribution < -0.4 is 15.0 Å². The van der Waals surface area contributed by atoms with Gasteiger partial charge in [0.1, 0.15) is 23.1 Å². The van der Waals surface area contributed by atoms with E-state index in [-0.39, 0.29) is 23.1 Å². The van der Waals surface area contributed by atoms with E-state index in [1.165, 1.54) is 0 Å². The van der Waals surface area contributed by atoms with E-state index < -0.39 is 23.4 Å². The maximum absolute atomic E-state index is 14.6. The first kappa shape index (κ1) is 23.2. The topological polar surface area (TPSA) is 58.6 Å². The van der Waals surface area contributed by atoms with E-state index in [0.29, 0.717) is 23.1 Å². The molecule has 0 aliphatic carbocycles. The van der Waals surface area contributed by atoms with Crippen molar-refractivity contribution < 1.29 is 23.1 Å². The van der Waals surface area contributed by atoms with Crippen molar-refractivity contribution >= 4 is 28.8 Å². The van der Waals surface area contributed by atoms with E-state index in [1.54, 1.807) is 30.3 Å². The Bertz CT molecular complexity index is 1310. The monoisotopic (exact) mass is 462 g/mol. The maximum atomic E-state index is 14.6. The summed E-state index contributed by atoms with van der Waals surface area (Å²) in [6, 6.07) is 15.2. The van der Waals surface area contributed by atoms with Crippen LogP contribution in [-0.4, -0.2) is 17.9 Å². The lowest BCUT2D eigenvalue weighted by atomic mass is 9.97. The number of anilines is 2. The molecule has 34 heavy (non-hydrogen) atoms. The molecule has 1 N–H and O–H groups in total. The fourth-order valence-electron chi connectivity index (χ4n) is 3.90. The lowest BCUT2D eigenvalue weighted by Crippen LogP contribution is -2.33. The number of amides is 2. The molecule has 0 bridgehead atoms. The summed E-state index contributed by atoms with van der Waals surface area (Å²) in [5.41, 5.74) is 2.71. The quantitative estimate of drug-likeness (QED) is 0.473. The molecule has 0 saturated carbocycles. The number of carbonyl (C=O) groups excluding carboxylic acids is 2. The highest BCUT2D eigenvalue weighted by atomic mass is 19.1. The first-order valence-corrected chi connectivity index (χ1v) is 10.8. The Hall–Kier alpha value is -4.00. The van der Waals surface area contributed by atoms with Crippen molar-refractivity contribution in [2.24, 2.45) is 0 Å². The number of hydrogen-bond acceptors (Lipinski definition) is 4. The second-order valence-corrected chi connectivity index (χ2v) is 8.43. The van der Waals surface area contributed by atoms with Crippen LogP contribution in [0.4, 0.5) is 20.2 Å². The van der Waals surface area contributed by atoms with E-state index in [9.17, 15) is 18.4 Å². The zero-order valence-electron chi connectivity index (χ0n) is 19.3. The van der Waals surface area contributed by atoms with Gasteiger partial charge in [0.15, 0.2) is 0 Å². The Morgan fingerprint density at radius 3 is 2.21 bits per heavy atom. The third-order valence-corrected chi connectivity index (χ3v) is 5.38. The third kappa shape index (κ3) is 4.41. The van der Waals surface area contributed by atoms with Gasteiger partial charge < -0.3 is 10.1 Å². The molecule has 4 rings (SSSR count). The van der Waals surface area contributed by atoms with Crippen LogP contribution in [0.25, 0.3) is 5.57 Å². The van der Waals surface area contributed by atoms with Crippen molar-refractivity contribution in [3.8, 4) is 5.75 Å². The Labute approximate surface area is 196 Å². The lowest BCUT2D eigenvalue weighted by Gasteiger charge is -2.16. The summed E-state index contributed by atoms with van der Waals surface area (Å²) in [4.78, 5) is 27.7. The lowest BCUT2D eigenvalue weighted by molar-refractivity contribution is -0.120. The summed E-state index contributed by atoms with van der Waals surface area (Å²) in [5, 5.41) is 3.04. The second kappa shape index (κ2) is 9.09. The van der Waals surface area contributed by atoms with Gasteiger partial charge in [0, 0.05) is 11.8 Å². The molecule has 1 heterocycles. The standard InChI is InChI=1S/C27H24F2N2O3/c1-15(2)34-20-9-7-19(8-10-20)30-25-24(21-11-5-16(3)13-17(21)4)26(32)31(27(25)33)23-12-6-18(28)14-22(23)29/h5-15,30H,1-4H3. The van der Waals surface area contributed by atoms with Crippen molar-refractivity contribution in [3.63, 3.8) is 0 Å². The molecule has 1 aliphatic rings. The minimum Gasteiger partial charge on any atom is -0.491 e. The Kier molecular flexibility index (Phi) is 6.20. The van der Waals surface area contributed by atoms with Crippen LogP contribution in [0.1, 0.15) is 30.5 Å². The van der Waals surface area contributed by atoms with Gasteiger partial charge in [-0.3, -0.25) is 9.59 Å². The number of rotatable bonds is 6. The van der Waals surface area contributed by atoms with Gasteiger partial charge in [0.25, 0.3) is 11.8 Å². The molecule has 2 amide bonds. The van der Waals surface area contributed by atoms with Gasteiger partial charge >= 0.3 is 0 Å². The molecule has 174 valence electrons. The highest BCUT2D eigenvalue weighted by molar-refractivity contribution is 6.46. The molecule has 0 fully saturated rings. The molecule has 5 nitrogen and oxygen atoms in total. The molecular weight excluding hydrogens is 438 g/mol. The number of ether oxygens (including phenoxy) is 1. The SMILES string of the molecule is Cc1ccc(C2=C(Nc3ccc(OC(C)C)cc3)C(=O)N(c3ccc(F)cc3F)C2=O)c(C)c1.